The molecule has 0 fully saturated rings. The molecule has 0 aliphatic rings. The first-order chi connectivity index (χ1) is 9.69. The molecule has 2 aromatic heterocycles. The molecular weight excluding hydrogens is 250 g/mol. The maximum absolute atomic E-state index is 4.76. The lowest BCUT2D eigenvalue weighted by molar-refractivity contribution is 0.758. The number of nitrogens with zero attached hydrogens (tertiary/aromatic N) is 4. The van der Waals surface area contributed by atoms with E-state index < -0.39 is 0 Å². The quantitative estimate of drug-likeness (QED) is 0.790. The van der Waals surface area contributed by atoms with Crippen molar-refractivity contribution >= 4 is 10.9 Å². The van der Waals surface area contributed by atoms with Crippen molar-refractivity contribution in [2.75, 3.05) is 7.05 Å². The predicted octanol–water partition coefficient (Wildman–Crippen LogP) is 2.15. The lowest BCUT2D eigenvalue weighted by atomic mass is 10.1. The van der Waals surface area contributed by atoms with E-state index in [1.807, 2.05) is 43.8 Å². The van der Waals surface area contributed by atoms with Crippen molar-refractivity contribution in [1.82, 2.24) is 25.1 Å². The number of aryl methyl sites for hydroxylation is 2. The van der Waals surface area contributed by atoms with Crippen LogP contribution in [0.2, 0.25) is 0 Å². The molecule has 0 bridgehead atoms. The molecule has 2 heterocycles. The summed E-state index contributed by atoms with van der Waals surface area (Å²) >= 11 is 0. The molecule has 5 nitrogen and oxygen atoms in total. The molecule has 0 aliphatic carbocycles. The smallest absolute Gasteiger partial charge is 0.160 e. The van der Waals surface area contributed by atoms with Gasteiger partial charge in [-0.2, -0.15) is 4.68 Å². The summed E-state index contributed by atoms with van der Waals surface area (Å²) < 4.78 is 1.81. The van der Waals surface area contributed by atoms with Gasteiger partial charge in [0.1, 0.15) is 11.6 Å². The van der Waals surface area contributed by atoms with E-state index in [-0.39, 0.29) is 0 Å². The van der Waals surface area contributed by atoms with Crippen LogP contribution in [0.25, 0.3) is 16.7 Å². The molecule has 5 heteroatoms. The monoisotopic (exact) mass is 267 g/mol. The van der Waals surface area contributed by atoms with E-state index in [2.05, 4.69) is 27.5 Å². The standard InChI is InChI=1S/C15H17N5/c1-10-17-11(2)20(19-10)15-13(9-16-3)8-12-6-4-5-7-14(12)18-15/h4-8,16H,9H2,1-3H3. The normalized spacial score (nSPS) is 11.2. The molecule has 0 unspecified atom stereocenters. The first-order valence-corrected chi connectivity index (χ1v) is 6.63. The highest BCUT2D eigenvalue weighted by Gasteiger charge is 2.12. The highest BCUT2D eigenvalue weighted by atomic mass is 15.4. The summed E-state index contributed by atoms with van der Waals surface area (Å²) in [4.78, 5) is 9.12. The summed E-state index contributed by atoms with van der Waals surface area (Å²) in [7, 11) is 1.93. The number of benzene rings is 1. The molecule has 0 saturated heterocycles. The van der Waals surface area contributed by atoms with Gasteiger partial charge in [0, 0.05) is 17.5 Å². The van der Waals surface area contributed by atoms with Gasteiger partial charge in [0.25, 0.3) is 0 Å². The van der Waals surface area contributed by atoms with Crippen molar-refractivity contribution in [2.45, 2.75) is 20.4 Å². The second kappa shape index (κ2) is 5.02. The molecule has 0 amide bonds. The zero-order valence-corrected chi connectivity index (χ0v) is 11.9. The Morgan fingerprint density at radius 1 is 1.15 bits per heavy atom. The van der Waals surface area contributed by atoms with E-state index in [0.29, 0.717) is 0 Å². The van der Waals surface area contributed by atoms with Crippen LogP contribution in [0.15, 0.2) is 30.3 Å². The summed E-state index contributed by atoms with van der Waals surface area (Å²) in [5.41, 5.74) is 2.08. The fraction of sp³-hybridized carbons (Fsp3) is 0.267. The predicted molar refractivity (Wildman–Crippen MR) is 78.9 cm³/mol. The van der Waals surface area contributed by atoms with Crippen molar-refractivity contribution in [3.05, 3.63) is 47.5 Å². The number of hydrogen-bond acceptors (Lipinski definition) is 4. The number of pyridine rings is 1. The fourth-order valence-corrected chi connectivity index (χ4v) is 2.38. The van der Waals surface area contributed by atoms with Crippen molar-refractivity contribution in [2.24, 2.45) is 0 Å². The largest absolute Gasteiger partial charge is 0.316 e. The van der Waals surface area contributed by atoms with Gasteiger partial charge >= 0.3 is 0 Å². The van der Waals surface area contributed by atoms with Gasteiger partial charge in [-0.15, -0.1) is 5.10 Å². The minimum Gasteiger partial charge on any atom is -0.316 e. The van der Waals surface area contributed by atoms with Crippen LogP contribution in [0.5, 0.6) is 0 Å². The van der Waals surface area contributed by atoms with E-state index >= 15 is 0 Å². The molecule has 0 saturated carbocycles. The number of hydrogen-bond donors (Lipinski definition) is 1. The number of rotatable bonds is 3. The molecule has 0 radical (unpaired) electrons. The molecule has 102 valence electrons. The van der Waals surface area contributed by atoms with E-state index in [0.717, 1.165) is 40.5 Å². The lowest BCUT2D eigenvalue weighted by Crippen LogP contribution is -2.12. The van der Waals surface area contributed by atoms with Crippen LogP contribution < -0.4 is 5.32 Å². The average Bonchev–Trinajstić information content (AvgIpc) is 2.77. The van der Waals surface area contributed by atoms with E-state index in [4.69, 9.17) is 4.98 Å². The van der Waals surface area contributed by atoms with Crippen LogP contribution in [-0.4, -0.2) is 26.8 Å². The van der Waals surface area contributed by atoms with Crippen LogP contribution in [0.3, 0.4) is 0 Å². The van der Waals surface area contributed by atoms with Gasteiger partial charge < -0.3 is 5.32 Å². The Labute approximate surface area is 117 Å². The number of nitrogens with one attached hydrogen (secondary N) is 1. The van der Waals surface area contributed by atoms with Crippen molar-refractivity contribution in [3.8, 4) is 5.82 Å². The third-order valence-electron chi connectivity index (χ3n) is 3.22. The minimum absolute atomic E-state index is 0.742. The van der Waals surface area contributed by atoms with Crippen LogP contribution in [0, 0.1) is 13.8 Å². The summed E-state index contributed by atoms with van der Waals surface area (Å²) in [5.74, 6) is 2.45. The molecule has 1 N–H and O–H groups in total. The van der Waals surface area contributed by atoms with Crippen molar-refractivity contribution in [3.63, 3.8) is 0 Å². The number of para-hydroxylation sites is 1. The zero-order valence-electron chi connectivity index (χ0n) is 11.9. The molecule has 0 spiro atoms. The number of fused-ring (bicyclic) bond motifs is 1. The van der Waals surface area contributed by atoms with Gasteiger partial charge in [-0.1, -0.05) is 18.2 Å². The molecule has 0 aliphatic heterocycles. The Balaban J connectivity index is 2.26. The topological polar surface area (TPSA) is 55.6 Å². The summed E-state index contributed by atoms with van der Waals surface area (Å²) in [6.45, 7) is 4.58. The number of aromatic nitrogens is 4. The molecule has 1 aromatic carbocycles. The fourth-order valence-electron chi connectivity index (χ4n) is 2.38. The van der Waals surface area contributed by atoms with Gasteiger partial charge in [0.05, 0.1) is 5.52 Å². The Kier molecular flexibility index (Phi) is 3.20. The molecule has 3 rings (SSSR count). The van der Waals surface area contributed by atoms with Gasteiger partial charge in [0.2, 0.25) is 0 Å². The lowest BCUT2D eigenvalue weighted by Gasteiger charge is -2.11. The van der Waals surface area contributed by atoms with E-state index in [1.54, 1.807) is 0 Å². The average molecular weight is 267 g/mol. The molecule has 3 aromatic rings. The summed E-state index contributed by atoms with van der Waals surface area (Å²) in [6.07, 6.45) is 0. The Morgan fingerprint density at radius 2 is 1.95 bits per heavy atom. The maximum atomic E-state index is 4.76. The first-order valence-electron chi connectivity index (χ1n) is 6.63. The molecular formula is C15H17N5. The second-order valence-electron chi connectivity index (χ2n) is 4.81. The van der Waals surface area contributed by atoms with Gasteiger partial charge in [-0.25, -0.2) is 9.97 Å². The minimum atomic E-state index is 0.742. The third kappa shape index (κ3) is 2.16. The van der Waals surface area contributed by atoms with Gasteiger partial charge in [-0.05, 0) is 33.0 Å². The summed E-state index contributed by atoms with van der Waals surface area (Å²) in [5, 5.41) is 8.76. The van der Waals surface area contributed by atoms with Crippen LogP contribution in [0.4, 0.5) is 0 Å². The first kappa shape index (κ1) is 12.7. The second-order valence-corrected chi connectivity index (χ2v) is 4.81. The Hall–Kier alpha value is -2.27. The van der Waals surface area contributed by atoms with Gasteiger partial charge in [-0.3, -0.25) is 0 Å². The Bertz CT molecular complexity index is 760. The zero-order chi connectivity index (χ0) is 14.1. The van der Waals surface area contributed by atoms with Gasteiger partial charge in [0.15, 0.2) is 5.82 Å². The Morgan fingerprint density at radius 3 is 2.65 bits per heavy atom. The summed E-state index contributed by atoms with van der Waals surface area (Å²) in [6, 6.07) is 10.3. The van der Waals surface area contributed by atoms with Crippen LogP contribution in [0.1, 0.15) is 17.2 Å². The maximum Gasteiger partial charge on any atom is 0.160 e. The third-order valence-corrected chi connectivity index (χ3v) is 3.22. The highest BCUT2D eigenvalue weighted by Crippen LogP contribution is 2.20. The van der Waals surface area contributed by atoms with Crippen molar-refractivity contribution in [1.29, 1.82) is 0 Å². The van der Waals surface area contributed by atoms with Crippen molar-refractivity contribution < 1.29 is 0 Å². The van der Waals surface area contributed by atoms with E-state index in [9.17, 15) is 0 Å². The molecule has 0 atom stereocenters. The SMILES string of the molecule is CNCc1cc2ccccc2nc1-n1nc(C)nc1C. The van der Waals surface area contributed by atoms with E-state index in [1.165, 1.54) is 0 Å². The highest BCUT2D eigenvalue weighted by molar-refractivity contribution is 5.80. The van der Waals surface area contributed by atoms with Crippen LogP contribution in [-0.2, 0) is 6.54 Å². The van der Waals surface area contributed by atoms with Crippen LogP contribution >= 0.6 is 0 Å². The molecule has 20 heavy (non-hydrogen) atoms.